The Hall–Kier alpha value is -2.34. The van der Waals surface area contributed by atoms with Gasteiger partial charge in [-0.1, -0.05) is 17.3 Å². The molecule has 1 aromatic heterocycles. The molecule has 6 heteroatoms. The summed E-state index contributed by atoms with van der Waals surface area (Å²) in [6.07, 6.45) is 2.52. The van der Waals surface area contributed by atoms with Crippen LogP contribution in [0.15, 0.2) is 34.9 Å². The molecule has 0 saturated carbocycles. The zero-order valence-electron chi connectivity index (χ0n) is 15.6. The monoisotopic (exact) mass is 357 g/mol. The molecule has 0 N–H and O–H groups in total. The summed E-state index contributed by atoms with van der Waals surface area (Å²) in [6.45, 7) is 6.36. The summed E-state index contributed by atoms with van der Waals surface area (Å²) >= 11 is 0. The van der Waals surface area contributed by atoms with E-state index in [1.807, 2.05) is 30.0 Å². The summed E-state index contributed by atoms with van der Waals surface area (Å²) in [5, 5.41) is 3.90. The van der Waals surface area contributed by atoms with Gasteiger partial charge in [0.05, 0.1) is 19.2 Å². The van der Waals surface area contributed by atoms with E-state index >= 15 is 0 Å². The first-order chi connectivity index (χ1) is 12.6. The Kier molecular flexibility index (Phi) is 6.28. The number of aromatic nitrogens is 1. The lowest BCUT2D eigenvalue weighted by molar-refractivity contribution is -0.132. The molecule has 0 radical (unpaired) electrons. The van der Waals surface area contributed by atoms with E-state index in [0.717, 1.165) is 62.8 Å². The number of piperazine rings is 1. The first-order valence-corrected chi connectivity index (χ1v) is 9.19. The SMILES string of the molecule is COc1ccc(CCCN2CCN(C(=O)Cc3cc(C)on3)CC2)cc1. The molecule has 0 bridgehead atoms. The number of methoxy groups -OCH3 is 1. The average Bonchev–Trinajstić information content (AvgIpc) is 3.07. The molecule has 2 aromatic rings. The van der Waals surface area contributed by atoms with E-state index in [1.165, 1.54) is 5.56 Å². The van der Waals surface area contributed by atoms with E-state index in [1.54, 1.807) is 7.11 Å². The fourth-order valence-corrected chi connectivity index (χ4v) is 3.29. The molecule has 1 aromatic carbocycles. The van der Waals surface area contributed by atoms with E-state index in [-0.39, 0.29) is 5.91 Å². The molecule has 26 heavy (non-hydrogen) atoms. The molecule has 3 rings (SSSR count). The van der Waals surface area contributed by atoms with Crippen molar-refractivity contribution in [3.05, 3.63) is 47.3 Å². The molecule has 1 aliphatic rings. The molecule has 1 amide bonds. The minimum absolute atomic E-state index is 0.135. The van der Waals surface area contributed by atoms with Gasteiger partial charge in [0.1, 0.15) is 11.5 Å². The molecular weight excluding hydrogens is 330 g/mol. The van der Waals surface area contributed by atoms with E-state index in [4.69, 9.17) is 9.26 Å². The molecule has 0 aliphatic carbocycles. The summed E-state index contributed by atoms with van der Waals surface area (Å²) in [5.41, 5.74) is 2.05. The van der Waals surface area contributed by atoms with Gasteiger partial charge in [-0.05, 0) is 44.0 Å². The van der Waals surface area contributed by atoms with Gasteiger partial charge in [0.25, 0.3) is 0 Å². The maximum absolute atomic E-state index is 12.4. The normalized spacial score (nSPS) is 15.2. The van der Waals surface area contributed by atoms with Gasteiger partial charge >= 0.3 is 0 Å². The highest BCUT2D eigenvalue weighted by Crippen LogP contribution is 2.13. The maximum Gasteiger partial charge on any atom is 0.228 e. The third-order valence-corrected chi connectivity index (χ3v) is 4.83. The van der Waals surface area contributed by atoms with Crippen molar-refractivity contribution in [2.75, 3.05) is 39.8 Å². The van der Waals surface area contributed by atoms with Crippen molar-refractivity contribution in [1.29, 1.82) is 0 Å². The van der Waals surface area contributed by atoms with Gasteiger partial charge in [-0.25, -0.2) is 0 Å². The van der Waals surface area contributed by atoms with Crippen LogP contribution in [-0.2, 0) is 17.6 Å². The average molecular weight is 357 g/mol. The Labute approximate surface area is 154 Å². The van der Waals surface area contributed by atoms with Crippen molar-refractivity contribution >= 4 is 5.91 Å². The first-order valence-electron chi connectivity index (χ1n) is 9.19. The lowest BCUT2D eigenvalue weighted by Crippen LogP contribution is -2.49. The van der Waals surface area contributed by atoms with Crippen LogP contribution in [0.2, 0.25) is 0 Å². The van der Waals surface area contributed by atoms with E-state index < -0.39 is 0 Å². The van der Waals surface area contributed by atoms with Crippen molar-refractivity contribution in [2.24, 2.45) is 0 Å². The molecule has 0 atom stereocenters. The minimum Gasteiger partial charge on any atom is -0.497 e. The second kappa shape index (κ2) is 8.85. The molecular formula is C20H27N3O3. The van der Waals surface area contributed by atoms with Crippen LogP contribution in [0, 0.1) is 6.92 Å². The highest BCUT2D eigenvalue weighted by Gasteiger charge is 2.21. The van der Waals surface area contributed by atoms with Crippen LogP contribution < -0.4 is 4.74 Å². The van der Waals surface area contributed by atoms with Crippen molar-refractivity contribution in [3.63, 3.8) is 0 Å². The molecule has 0 unspecified atom stereocenters. The number of nitrogens with zero attached hydrogens (tertiary/aromatic N) is 3. The van der Waals surface area contributed by atoms with Crippen molar-refractivity contribution in [1.82, 2.24) is 15.0 Å². The zero-order chi connectivity index (χ0) is 18.4. The van der Waals surface area contributed by atoms with Gasteiger partial charge in [-0.2, -0.15) is 0 Å². The predicted octanol–water partition coefficient (Wildman–Crippen LogP) is 2.31. The van der Waals surface area contributed by atoms with Gasteiger partial charge in [0, 0.05) is 32.2 Å². The Balaban J connectivity index is 1.36. The van der Waals surface area contributed by atoms with Gasteiger partial charge in [0.2, 0.25) is 5.91 Å². The van der Waals surface area contributed by atoms with Gasteiger partial charge in [-0.15, -0.1) is 0 Å². The number of aryl methyl sites for hydroxylation is 2. The van der Waals surface area contributed by atoms with Gasteiger partial charge in [0.15, 0.2) is 0 Å². The maximum atomic E-state index is 12.4. The second-order valence-corrected chi connectivity index (χ2v) is 6.78. The summed E-state index contributed by atoms with van der Waals surface area (Å²) in [7, 11) is 1.69. The largest absolute Gasteiger partial charge is 0.497 e. The number of benzene rings is 1. The number of carbonyl (C=O) groups is 1. The van der Waals surface area contributed by atoms with Crippen LogP contribution in [0.5, 0.6) is 5.75 Å². The molecule has 1 fully saturated rings. The van der Waals surface area contributed by atoms with E-state index in [9.17, 15) is 4.79 Å². The fraction of sp³-hybridized carbons (Fsp3) is 0.500. The van der Waals surface area contributed by atoms with Crippen LogP contribution in [0.4, 0.5) is 0 Å². The number of rotatable bonds is 7. The van der Waals surface area contributed by atoms with Crippen LogP contribution >= 0.6 is 0 Å². The molecule has 1 saturated heterocycles. The van der Waals surface area contributed by atoms with Crippen LogP contribution in [0.1, 0.15) is 23.4 Å². The number of carbonyl (C=O) groups excluding carboxylic acids is 1. The second-order valence-electron chi connectivity index (χ2n) is 6.78. The lowest BCUT2D eigenvalue weighted by Gasteiger charge is -2.34. The summed E-state index contributed by atoms with van der Waals surface area (Å²) in [5.74, 6) is 1.78. The predicted molar refractivity (Wildman–Crippen MR) is 99.3 cm³/mol. The summed E-state index contributed by atoms with van der Waals surface area (Å²) in [4.78, 5) is 16.7. The van der Waals surface area contributed by atoms with E-state index in [0.29, 0.717) is 6.42 Å². The number of amides is 1. The van der Waals surface area contributed by atoms with Crippen LogP contribution in [0.3, 0.4) is 0 Å². The van der Waals surface area contributed by atoms with Crippen LogP contribution in [-0.4, -0.2) is 60.7 Å². The lowest BCUT2D eigenvalue weighted by atomic mass is 10.1. The van der Waals surface area contributed by atoms with Gasteiger partial charge in [-0.3, -0.25) is 9.69 Å². The van der Waals surface area contributed by atoms with Crippen molar-refractivity contribution in [3.8, 4) is 5.75 Å². The standard InChI is InChI=1S/C20H27N3O3/c1-16-14-18(21-26-16)15-20(24)23-12-10-22(11-13-23)9-3-4-17-5-7-19(25-2)8-6-17/h5-8,14H,3-4,9-13,15H2,1-2H3. The Bertz CT molecular complexity index is 703. The van der Waals surface area contributed by atoms with E-state index in [2.05, 4.69) is 22.2 Å². The Morgan fingerprint density at radius 3 is 2.54 bits per heavy atom. The third kappa shape index (κ3) is 5.08. The minimum atomic E-state index is 0.135. The fourth-order valence-electron chi connectivity index (χ4n) is 3.29. The summed E-state index contributed by atoms with van der Waals surface area (Å²) < 4.78 is 10.2. The highest BCUT2D eigenvalue weighted by molar-refractivity contribution is 5.78. The van der Waals surface area contributed by atoms with Crippen molar-refractivity contribution in [2.45, 2.75) is 26.2 Å². The van der Waals surface area contributed by atoms with Crippen LogP contribution in [0.25, 0.3) is 0 Å². The third-order valence-electron chi connectivity index (χ3n) is 4.83. The Morgan fingerprint density at radius 2 is 1.92 bits per heavy atom. The number of ether oxygens (including phenoxy) is 1. The smallest absolute Gasteiger partial charge is 0.228 e. The molecule has 2 heterocycles. The topological polar surface area (TPSA) is 58.8 Å². The first kappa shape index (κ1) is 18.5. The van der Waals surface area contributed by atoms with Gasteiger partial charge < -0.3 is 14.2 Å². The molecule has 140 valence electrons. The number of hydrogen-bond donors (Lipinski definition) is 0. The molecule has 1 aliphatic heterocycles. The number of hydrogen-bond acceptors (Lipinski definition) is 5. The molecule has 6 nitrogen and oxygen atoms in total. The zero-order valence-corrected chi connectivity index (χ0v) is 15.6. The molecule has 0 spiro atoms. The quantitative estimate of drug-likeness (QED) is 0.761. The highest BCUT2D eigenvalue weighted by atomic mass is 16.5. The Morgan fingerprint density at radius 1 is 1.19 bits per heavy atom. The summed E-state index contributed by atoms with van der Waals surface area (Å²) in [6, 6.07) is 10.1. The van der Waals surface area contributed by atoms with Crippen molar-refractivity contribution < 1.29 is 14.1 Å².